The SMILES string of the molecule is CNC(=O)c1cc(Oc2ccc3nc(N[C@@H]4CC=CC[C@@H]4C(N)=O)sc3c2)ccn1. The van der Waals surface area contributed by atoms with Crippen LogP contribution in [0.5, 0.6) is 11.5 Å². The topological polar surface area (TPSA) is 119 Å². The minimum atomic E-state index is -0.304. The van der Waals surface area contributed by atoms with Crippen molar-refractivity contribution in [3.05, 3.63) is 54.4 Å². The molecule has 0 aliphatic heterocycles. The maximum Gasteiger partial charge on any atom is 0.269 e. The van der Waals surface area contributed by atoms with Crippen molar-refractivity contribution in [2.75, 3.05) is 12.4 Å². The summed E-state index contributed by atoms with van der Waals surface area (Å²) >= 11 is 1.49. The van der Waals surface area contributed by atoms with Gasteiger partial charge in [-0.15, -0.1) is 0 Å². The van der Waals surface area contributed by atoms with E-state index in [4.69, 9.17) is 10.5 Å². The molecule has 154 valence electrons. The van der Waals surface area contributed by atoms with Gasteiger partial charge in [0, 0.05) is 31.4 Å². The number of rotatable bonds is 6. The molecule has 0 fully saturated rings. The number of nitrogens with zero attached hydrogens (tertiary/aromatic N) is 2. The Morgan fingerprint density at radius 2 is 1.97 bits per heavy atom. The Hall–Kier alpha value is -3.46. The molecule has 1 aliphatic rings. The molecular formula is C21H21N5O3S. The van der Waals surface area contributed by atoms with Crippen molar-refractivity contribution in [2.45, 2.75) is 18.9 Å². The molecule has 0 saturated carbocycles. The van der Waals surface area contributed by atoms with Gasteiger partial charge in [0.25, 0.3) is 5.91 Å². The minimum Gasteiger partial charge on any atom is -0.457 e. The van der Waals surface area contributed by atoms with Gasteiger partial charge in [0.05, 0.1) is 16.1 Å². The lowest BCUT2D eigenvalue weighted by Crippen LogP contribution is -2.39. The summed E-state index contributed by atoms with van der Waals surface area (Å²) in [5.41, 5.74) is 6.66. The molecule has 2 atom stereocenters. The molecule has 4 rings (SSSR count). The van der Waals surface area contributed by atoms with E-state index in [1.807, 2.05) is 24.3 Å². The molecule has 0 saturated heterocycles. The van der Waals surface area contributed by atoms with Crippen molar-refractivity contribution >= 4 is 38.5 Å². The average molecular weight is 423 g/mol. The van der Waals surface area contributed by atoms with Gasteiger partial charge in [0.1, 0.15) is 17.2 Å². The third-order valence-corrected chi connectivity index (χ3v) is 5.84. The van der Waals surface area contributed by atoms with Crippen molar-refractivity contribution < 1.29 is 14.3 Å². The lowest BCUT2D eigenvalue weighted by atomic mass is 9.88. The van der Waals surface area contributed by atoms with Gasteiger partial charge in [-0.25, -0.2) is 4.98 Å². The number of primary amides is 1. The normalized spacial score (nSPS) is 18.2. The number of carbonyl (C=O) groups is 2. The van der Waals surface area contributed by atoms with Crippen LogP contribution < -0.4 is 21.1 Å². The second kappa shape index (κ2) is 8.50. The van der Waals surface area contributed by atoms with Gasteiger partial charge in [0.15, 0.2) is 5.13 Å². The molecule has 8 nitrogen and oxygen atoms in total. The van der Waals surface area contributed by atoms with Crippen LogP contribution in [-0.4, -0.2) is 34.9 Å². The molecule has 0 radical (unpaired) electrons. The Bertz CT molecular complexity index is 1130. The van der Waals surface area contributed by atoms with Crippen molar-refractivity contribution in [3.8, 4) is 11.5 Å². The maximum atomic E-state index is 11.7. The van der Waals surface area contributed by atoms with Gasteiger partial charge < -0.3 is 21.1 Å². The maximum absolute atomic E-state index is 11.7. The molecule has 9 heteroatoms. The summed E-state index contributed by atoms with van der Waals surface area (Å²) in [7, 11) is 1.55. The zero-order valence-corrected chi connectivity index (χ0v) is 17.1. The van der Waals surface area contributed by atoms with E-state index in [9.17, 15) is 9.59 Å². The number of benzene rings is 1. The number of hydrogen-bond donors (Lipinski definition) is 3. The summed E-state index contributed by atoms with van der Waals surface area (Å²) in [6, 6.07) is 8.80. The molecule has 2 amide bonds. The number of nitrogens with one attached hydrogen (secondary N) is 2. The van der Waals surface area contributed by atoms with E-state index in [0.29, 0.717) is 17.9 Å². The second-order valence-electron chi connectivity index (χ2n) is 6.91. The molecule has 1 aromatic carbocycles. The summed E-state index contributed by atoms with van der Waals surface area (Å²) < 4.78 is 6.84. The predicted octanol–water partition coefficient (Wildman–Crippen LogP) is 3.08. The summed E-state index contributed by atoms with van der Waals surface area (Å²) in [6.07, 6.45) is 6.94. The number of fused-ring (bicyclic) bond motifs is 1. The summed E-state index contributed by atoms with van der Waals surface area (Å²) in [5.74, 6) is 0.316. The Balaban J connectivity index is 1.52. The van der Waals surface area contributed by atoms with Gasteiger partial charge in [-0.05, 0) is 31.0 Å². The van der Waals surface area contributed by atoms with Crippen LogP contribution in [0, 0.1) is 5.92 Å². The molecule has 4 N–H and O–H groups in total. The fraction of sp³-hybridized carbons (Fsp3) is 0.238. The van der Waals surface area contributed by atoms with Crippen molar-refractivity contribution in [2.24, 2.45) is 11.7 Å². The molecule has 1 aliphatic carbocycles. The molecule has 0 spiro atoms. The number of anilines is 1. The smallest absolute Gasteiger partial charge is 0.269 e. The van der Waals surface area contributed by atoms with Crippen LogP contribution in [0.15, 0.2) is 48.7 Å². The number of hydrogen-bond acceptors (Lipinski definition) is 7. The molecule has 0 bridgehead atoms. The molecule has 30 heavy (non-hydrogen) atoms. The Labute approximate surface area is 177 Å². The van der Waals surface area contributed by atoms with Crippen molar-refractivity contribution in [1.29, 1.82) is 0 Å². The van der Waals surface area contributed by atoms with Crippen LogP contribution in [-0.2, 0) is 4.79 Å². The number of amides is 2. The quantitative estimate of drug-likeness (QED) is 0.524. The predicted molar refractivity (Wildman–Crippen MR) is 116 cm³/mol. The van der Waals surface area contributed by atoms with Crippen LogP contribution in [0.1, 0.15) is 23.3 Å². The third-order valence-electron chi connectivity index (χ3n) is 4.89. The highest BCUT2D eigenvalue weighted by Crippen LogP contribution is 2.33. The lowest BCUT2D eigenvalue weighted by Gasteiger charge is -2.26. The molecule has 2 aromatic heterocycles. The third kappa shape index (κ3) is 4.25. The average Bonchev–Trinajstić information content (AvgIpc) is 3.15. The Morgan fingerprint density at radius 1 is 1.17 bits per heavy atom. The Morgan fingerprint density at radius 3 is 2.77 bits per heavy atom. The molecule has 2 heterocycles. The van der Waals surface area contributed by atoms with E-state index in [0.717, 1.165) is 21.8 Å². The van der Waals surface area contributed by atoms with Crippen molar-refractivity contribution in [3.63, 3.8) is 0 Å². The number of ether oxygens (including phenoxy) is 1. The number of aromatic nitrogens is 2. The highest BCUT2D eigenvalue weighted by Gasteiger charge is 2.27. The van der Waals surface area contributed by atoms with Crippen molar-refractivity contribution in [1.82, 2.24) is 15.3 Å². The van der Waals surface area contributed by atoms with Crippen LogP contribution in [0.2, 0.25) is 0 Å². The van der Waals surface area contributed by atoms with Gasteiger partial charge in [-0.2, -0.15) is 0 Å². The zero-order chi connectivity index (χ0) is 21.1. The second-order valence-corrected chi connectivity index (χ2v) is 7.94. The van der Waals surface area contributed by atoms with E-state index in [1.54, 1.807) is 19.2 Å². The first kappa shape index (κ1) is 19.8. The monoisotopic (exact) mass is 423 g/mol. The first-order valence-electron chi connectivity index (χ1n) is 9.51. The van der Waals surface area contributed by atoms with Crippen LogP contribution in [0.4, 0.5) is 5.13 Å². The number of allylic oxidation sites excluding steroid dienone is 1. The minimum absolute atomic E-state index is 0.0660. The van der Waals surface area contributed by atoms with E-state index in [2.05, 4.69) is 26.7 Å². The molecular weight excluding hydrogens is 402 g/mol. The van der Waals surface area contributed by atoms with Gasteiger partial charge in [0.2, 0.25) is 5.91 Å². The Kier molecular flexibility index (Phi) is 5.62. The van der Waals surface area contributed by atoms with E-state index in [1.165, 1.54) is 17.5 Å². The fourth-order valence-electron chi connectivity index (χ4n) is 3.34. The molecule has 3 aromatic rings. The number of carbonyl (C=O) groups excluding carboxylic acids is 2. The number of pyridine rings is 1. The first-order valence-corrected chi connectivity index (χ1v) is 10.3. The first-order chi connectivity index (χ1) is 14.5. The number of thiazole rings is 1. The van der Waals surface area contributed by atoms with Gasteiger partial charge in [-0.1, -0.05) is 23.5 Å². The van der Waals surface area contributed by atoms with E-state index in [-0.39, 0.29) is 29.5 Å². The van der Waals surface area contributed by atoms with Gasteiger partial charge in [-0.3, -0.25) is 14.6 Å². The number of nitrogens with two attached hydrogens (primary N) is 1. The van der Waals surface area contributed by atoms with Crippen LogP contribution in [0.3, 0.4) is 0 Å². The highest BCUT2D eigenvalue weighted by atomic mass is 32.1. The standard InChI is InChI=1S/C21H21N5O3S/c1-23-20(28)17-10-13(8-9-24-17)29-12-6-7-16-18(11-12)30-21(26-16)25-15-5-3-2-4-14(15)19(22)27/h2-3,6-11,14-15H,4-5H2,1H3,(H2,22,27)(H,23,28)(H,25,26)/t14-,15+/m0/s1. The molecule has 0 unspecified atom stereocenters. The lowest BCUT2D eigenvalue weighted by molar-refractivity contribution is -0.122. The van der Waals surface area contributed by atoms with E-state index >= 15 is 0 Å². The summed E-state index contributed by atoms with van der Waals surface area (Å²) in [4.78, 5) is 32.1. The van der Waals surface area contributed by atoms with Crippen LogP contribution >= 0.6 is 11.3 Å². The van der Waals surface area contributed by atoms with E-state index < -0.39 is 0 Å². The largest absolute Gasteiger partial charge is 0.457 e. The zero-order valence-electron chi connectivity index (χ0n) is 16.3. The fourth-order valence-corrected chi connectivity index (χ4v) is 4.30. The van der Waals surface area contributed by atoms with Gasteiger partial charge >= 0.3 is 0 Å². The van der Waals surface area contributed by atoms with Crippen LogP contribution in [0.25, 0.3) is 10.2 Å². The summed E-state index contributed by atoms with van der Waals surface area (Å²) in [6.45, 7) is 0. The summed E-state index contributed by atoms with van der Waals surface area (Å²) in [5, 5.41) is 6.63. The highest BCUT2D eigenvalue weighted by molar-refractivity contribution is 7.22.